The number of hydrogen-bond acceptors (Lipinski definition) is 6. The van der Waals surface area contributed by atoms with Crippen molar-refractivity contribution >= 4 is 23.1 Å². The van der Waals surface area contributed by atoms with E-state index in [0.717, 1.165) is 32.0 Å². The Balaban J connectivity index is 1.50. The molecule has 0 aromatic carbocycles. The van der Waals surface area contributed by atoms with Gasteiger partial charge in [-0.05, 0) is 25.4 Å². The Morgan fingerprint density at radius 1 is 1.33 bits per heavy atom. The first-order valence-corrected chi connectivity index (χ1v) is 9.05. The minimum Gasteiger partial charge on any atom is -0.352 e. The molecule has 0 unspecified atom stereocenters. The second-order valence-corrected chi connectivity index (χ2v) is 7.02. The van der Waals surface area contributed by atoms with Crippen molar-refractivity contribution < 1.29 is 4.79 Å². The number of aromatic nitrogens is 2. The zero-order valence-corrected chi connectivity index (χ0v) is 14.9. The van der Waals surface area contributed by atoms with Gasteiger partial charge in [0.1, 0.15) is 5.82 Å². The number of carbonyl (C=O) groups is 1. The average molecular weight is 345 g/mol. The van der Waals surface area contributed by atoms with Crippen LogP contribution < -0.4 is 4.90 Å². The normalized spacial score (nSPS) is 16.5. The quantitative estimate of drug-likeness (QED) is 0.828. The van der Waals surface area contributed by atoms with Crippen molar-refractivity contribution in [3.63, 3.8) is 0 Å². The lowest BCUT2D eigenvalue weighted by Gasteiger charge is -2.36. The highest BCUT2D eigenvalue weighted by Crippen LogP contribution is 2.23. The van der Waals surface area contributed by atoms with Gasteiger partial charge in [-0.1, -0.05) is 6.07 Å². The third kappa shape index (κ3) is 3.91. The van der Waals surface area contributed by atoms with Crippen LogP contribution in [0.25, 0.3) is 0 Å². The summed E-state index contributed by atoms with van der Waals surface area (Å²) in [6.45, 7) is 5.66. The summed E-state index contributed by atoms with van der Waals surface area (Å²) >= 11 is 1.73. The second kappa shape index (κ2) is 7.72. The third-order valence-corrected chi connectivity index (χ3v) is 5.55. The van der Waals surface area contributed by atoms with Crippen molar-refractivity contribution in [3.8, 4) is 0 Å². The largest absolute Gasteiger partial charge is 0.352 e. The molecule has 0 saturated carbocycles. The van der Waals surface area contributed by atoms with Crippen LogP contribution in [0.4, 0.5) is 5.82 Å². The molecule has 0 N–H and O–H groups in total. The molecule has 0 aliphatic carbocycles. The summed E-state index contributed by atoms with van der Waals surface area (Å²) in [5.41, 5.74) is 0. The molecule has 2 aromatic rings. The zero-order valence-electron chi connectivity index (χ0n) is 14.1. The molecule has 3 heterocycles. The topological polar surface area (TPSA) is 52.6 Å². The molecule has 1 atom stereocenters. The van der Waals surface area contributed by atoms with E-state index in [1.807, 2.05) is 11.9 Å². The van der Waals surface area contributed by atoms with Crippen molar-refractivity contribution in [1.82, 2.24) is 19.8 Å². The summed E-state index contributed by atoms with van der Waals surface area (Å²) in [5.74, 6) is 1.08. The van der Waals surface area contributed by atoms with Gasteiger partial charge in [0, 0.05) is 49.5 Å². The van der Waals surface area contributed by atoms with Crippen LogP contribution in [0.2, 0.25) is 0 Å². The van der Waals surface area contributed by atoms with Crippen LogP contribution in [-0.4, -0.2) is 65.4 Å². The third-order valence-electron chi connectivity index (χ3n) is 4.51. The highest BCUT2D eigenvalue weighted by Gasteiger charge is 2.24. The van der Waals surface area contributed by atoms with Gasteiger partial charge in [0.15, 0.2) is 0 Å². The van der Waals surface area contributed by atoms with Crippen molar-refractivity contribution in [1.29, 1.82) is 0 Å². The molecule has 3 rings (SSSR count). The fourth-order valence-corrected chi connectivity index (χ4v) is 3.68. The van der Waals surface area contributed by atoms with E-state index in [9.17, 15) is 4.79 Å². The molecular weight excluding hydrogens is 322 g/mol. The van der Waals surface area contributed by atoms with Gasteiger partial charge in [-0.2, -0.15) is 0 Å². The summed E-state index contributed by atoms with van der Waals surface area (Å²) in [6, 6.07) is 4.43. The lowest BCUT2D eigenvalue weighted by atomic mass is 10.2. The molecule has 2 aromatic heterocycles. The lowest BCUT2D eigenvalue weighted by Crippen LogP contribution is -2.51. The van der Waals surface area contributed by atoms with E-state index in [1.165, 1.54) is 4.88 Å². The van der Waals surface area contributed by atoms with Crippen molar-refractivity contribution in [3.05, 3.63) is 41.0 Å². The molecule has 0 bridgehead atoms. The maximum absolute atomic E-state index is 12.6. The molecule has 6 nitrogen and oxygen atoms in total. The number of carbonyl (C=O) groups excluding carboxylic acids is 1. The standard InChI is InChI=1S/C17H23N5OS/c1-14(15-4-3-11-24-15)20(2)13-17(23)22-9-7-21(8-10-22)16-12-18-5-6-19-16/h3-6,11-12,14H,7-10,13H2,1-2H3/t14-/m0/s1. The Bertz CT molecular complexity index is 640. The Kier molecular flexibility index (Phi) is 5.42. The molecule has 1 aliphatic rings. The van der Waals surface area contributed by atoms with Gasteiger partial charge in [0.05, 0.1) is 12.7 Å². The summed E-state index contributed by atoms with van der Waals surface area (Å²) in [7, 11) is 2.01. The van der Waals surface area contributed by atoms with Crippen LogP contribution >= 0.6 is 11.3 Å². The van der Waals surface area contributed by atoms with Gasteiger partial charge >= 0.3 is 0 Å². The monoisotopic (exact) mass is 345 g/mol. The van der Waals surface area contributed by atoms with Crippen LogP contribution in [0.3, 0.4) is 0 Å². The van der Waals surface area contributed by atoms with E-state index >= 15 is 0 Å². The van der Waals surface area contributed by atoms with Crippen molar-refractivity contribution in [2.75, 3.05) is 44.7 Å². The maximum atomic E-state index is 12.6. The Morgan fingerprint density at radius 3 is 2.75 bits per heavy atom. The first-order valence-electron chi connectivity index (χ1n) is 8.17. The first-order chi connectivity index (χ1) is 11.6. The predicted octanol–water partition coefficient (Wildman–Crippen LogP) is 1.88. The van der Waals surface area contributed by atoms with Gasteiger partial charge in [0.25, 0.3) is 0 Å². The molecule has 1 fully saturated rings. The van der Waals surface area contributed by atoms with Crippen LogP contribution in [0.5, 0.6) is 0 Å². The van der Waals surface area contributed by atoms with E-state index in [-0.39, 0.29) is 11.9 Å². The Labute approximate surface area is 146 Å². The smallest absolute Gasteiger partial charge is 0.236 e. The summed E-state index contributed by atoms with van der Waals surface area (Å²) in [6.07, 6.45) is 5.15. The first kappa shape index (κ1) is 16.9. The number of likely N-dealkylation sites (N-methyl/N-ethyl adjacent to an activating group) is 1. The predicted molar refractivity (Wildman–Crippen MR) is 96.2 cm³/mol. The number of rotatable bonds is 5. The molecule has 1 amide bonds. The Hall–Kier alpha value is -1.99. The second-order valence-electron chi connectivity index (χ2n) is 6.04. The number of thiophene rings is 1. The van der Waals surface area contributed by atoms with Gasteiger partial charge in [-0.3, -0.25) is 14.7 Å². The molecular formula is C17H23N5OS. The molecule has 24 heavy (non-hydrogen) atoms. The molecule has 0 spiro atoms. The van der Waals surface area contributed by atoms with Gasteiger partial charge in [-0.15, -0.1) is 11.3 Å². The van der Waals surface area contributed by atoms with Gasteiger partial charge in [0.2, 0.25) is 5.91 Å². The average Bonchev–Trinajstić information content (AvgIpc) is 3.16. The van der Waals surface area contributed by atoms with Crippen LogP contribution in [0, 0.1) is 0 Å². The van der Waals surface area contributed by atoms with E-state index in [0.29, 0.717) is 6.54 Å². The number of nitrogens with zero attached hydrogens (tertiary/aromatic N) is 5. The lowest BCUT2D eigenvalue weighted by molar-refractivity contribution is -0.132. The van der Waals surface area contributed by atoms with Gasteiger partial charge < -0.3 is 9.80 Å². The molecule has 7 heteroatoms. The fraction of sp³-hybridized carbons (Fsp3) is 0.471. The van der Waals surface area contributed by atoms with Crippen molar-refractivity contribution in [2.45, 2.75) is 13.0 Å². The van der Waals surface area contributed by atoms with Gasteiger partial charge in [-0.25, -0.2) is 4.98 Å². The minimum absolute atomic E-state index is 0.194. The van der Waals surface area contributed by atoms with E-state index in [4.69, 9.17) is 0 Å². The number of amides is 1. The molecule has 0 radical (unpaired) electrons. The fourth-order valence-electron chi connectivity index (χ4n) is 2.84. The summed E-state index contributed by atoms with van der Waals surface area (Å²) < 4.78 is 0. The molecule has 1 aliphatic heterocycles. The Morgan fingerprint density at radius 2 is 2.12 bits per heavy atom. The number of piperazine rings is 1. The molecule has 1 saturated heterocycles. The van der Waals surface area contributed by atoms with E-state index < -0.39 is 0 Å². The highest BCUT2D eigenvalue weighted by molar-refractivity contribution is 7.10. The van der Waals surface area contributed by atoms with E-state index in [1.54, 1.807) is 29.9 Å². The maximum Gasteiger partial charge on any atom is 0.236 e. The SMILES string of the molecule is C[C@@H](c1cccs1)N(C)CC(=O)N1CCN(c2cnccn2)CC1. The highest BCUT2D eigenvalue weighted by atomic mass is 32.1. The zero-order chi connectivity index (χ0) is 16.9. The van der Waals surface area contributed by atoms with Crippen LogP contribution in [0.1, 0.15) is 17.8 Å². The number of hydrogen-bond donors (Lipinski definition) is 0. The van der Waals surface area contributed by atoms with E-state index in [2.05, 4.69) is 44.2 Å². The van der Waals surface area contributed by atoms with Crippen LogP contribution in [0.15, 0.2) is 36.1 Å². The van der Waals surface area contributed by atoms with Crippen LogP contribution in [-0.2, 0) is 4.79 Å². The number of anilines is 1. The minimum atomic E-state index is 0.194. The molecule has 128 valence electrons. The summed E-state index contributed by atoms with van der Waals surface area (Å²) in [4.78, 5) is 28.5. The summed E-state index contributed by atoms with van der Waals surface area (Å²) in [5, 5.41) is 2.08. The van der Waals surface area contributed by atoms with Crippen molar-refractivity contribution in [2.24, 2.45) is 0 Å².